The summed E-state index contributed by atoms with van der Waals surface area (Å²) in [4.78, 5) is 0. The van der Waals surface area contributed by atoms with E-state index < -0.39 is 0 Å². The van der Waals surface area contributed by atoms with Crippen LogP contribution in [0.5, 0.6) is 0 Å². The van der Waals surface area contributed by atoms with Crippen LogP contribution in [0.3, 0.4) is 0 Å². The van der Waals surface area contributed by atoms with Gasteiger partial charge in [-0.25, -0.2) is 0 Å². The van der Waals surface area contributed by atoms with E-state index in [0.717, 1.165) is 25.4 Å². The fourth-order valence-electron chi connectivity index (χ4n) is 2.49. The molecule has 2 nitrogen and oxygen atoms in total. The summed E-state index contributed by atoms with van der Waals surface area (Å²) in [5, 5.41) is 13.0. The van der Waals surface area contributed by atoms with Crippen LogP contribution in [0.1, 0.15) is 38.5 Å². The summed E-state index contributed by atoms with van der Waals surface area (Å²) < 4.78 is 0. The third-order valence-electron chi connectivity index (χ3n) is 3.30. The highest BCUT2D eigenvalue weighted by Crippen LogP contribution is 2.31. The van der Waals surface area contributed by atoms with E-state index in [1.165, 1.54) is 32.1 Å². The Kier molecular flexibility index (Phi) is 2.37. The minimum Gasteiger partial charge on any atom is -0.387 e. The molecule has 2 heteroatoms. The maximum atomic E-state index is 9.90. The predicted molar refractivity (Wildman–Crippen MR) is 49.0 cm³/mol. The molecule has 1 aliphatic heterocycles. The lowest BCUT2D eigenvalue weighted by Gasteiger charge is -2.41. The maximum absolute atomic E-state index is 9.90. The number of aliphatic hydroxyl groups is 1. The summed E-state index contributed by atoms with van der Waals surface area (Å²) in [7, 11) is 0. The monoisotopic (exact) mass is 169 g/mol. The predicted octanol–water partition coefficient (Wildman–Crippen LogP) is 1.29. The summed E-state index contributed by atoms with van der Waals surface area (Å²) in [6.07, 6.45) is 7.92. The molecule has 0 amide bonds. The molecule has 1 saturated heterocycles. The molecule has 1 saturated carbocycles. The van der Waals surface area contributed by atoms with E-state index in [1.54, 1.807) is 0 Å². The van der Waals surface area contributed by atoms with E-state index in [-0.39, 0.29) is 5.60 Å². The number of β-amino-alcohol motifs (C(OH)–C–C–N with tert-alkyl or cyclic N) is 1. The van der Waals surface area contributed by atoms with E-state index in [2.05, 4.69) is 5.32 Å². The summed E-state index contributed by atoms with van der Waals surface area (Å²) in [6.45, 7) is 1.65. The van der Waals surface area contributed by atoms with Crippen LogP contribution in [0.15, 0.2) is 0 Å². The molecule has 0 unspecified atom stereocenters. The SMILES string of the molecule is OC1(CC2CCCCC2)CNC1. The highest BCUT2D eigenvalue weighted by Gasteiger charge is 2.36. The second-order valence-corrected chi connectivity index (χ2v) is 4.54. The second-order valence-electron chi connectivity index (χ2n) is 4.54. The van der Waals surface area contributed by atoms with Gasteiger partial charge in [0.2, 0.25) is 0 Å². The molecule has 0 atom stereocenters. The van der Waals surface area contributed by atoms with Crippen molar-refractivity contribution in [2.75, 3.05) is 13.1 Å². The quantitative estimate of drug-likeness (QED) is 0.653. The highest BCUT2D eigenvalue weighted by atomic mass is 16.3. The molecule has 0 aromatic carbocycles. The van der Waals surface area contributed by atoms with Crippen molar-refractivity contribution in [1.82, 2.24) is 5.32 Å². The average molecular weight is 169 g/mol. The second kappa shape index (κ2) is 3.35. The van der Waals surface area contributed by atoms with Crippen molar-refractivity contribution in [1.29, 1.82) is 0 Å². The zero-order valence-electron chi connectivity index (χ0n) is 7.68. The first kappa shape index (κ1) is 8.52. The van der Waals surface area contributed by atoms with Crippen LogP contribution in [0.2, 0.25) is 0 Å². The molecule has 70 valence electrons. The first-order valence-corrected chi connectivity index (χ1v) is 5.22. The minimum atomic E-state index is -0.331. The van der Waals surface area contributed by atoms with Gasteiger partial charge in [-0.15, -0.1) is 0 Å². The van der Waals surface area contributed by atoms with Crippen LogP contribution in [0.4, 0.5) is 0 Å². The van der Waals surface area contributed by atoms with Crippen molar-refractivity contribution in [3.05, 3.63) is 0 Å². The smallest absolute Gasteiger partial charge is 0.0897 e. The van der Waals surface area contributed by atoms with Crippen LogP contribution in [-0.4, -0.2) is 23.8 Å². The van der Waals surface area contributed by atoms with Crippen molar-refractivity contribution in [3.8, 4) is 0 Å². The summed E-state index contributed by atoms with van der Waals surface area (Å²) in [5.74, 6) is 0.811. The van der Waals surface area contributed by atoms with Gasteiger partial charge in [-0.1, -0.05) is 32.1 Å². The lowest BCUT2D eigenvalue weighted by Crippen LogP contribution is -2.60. The summed E-state index contributed by atoms with van der Waals surface area (Å²) in [6, 6.07) is 0. The van der Waals surface area contributed by atoms with E-state index >= 15 is 0 Å². The fraction of sp³-hybridized carbons (Fsp3) is 1.00. The largest absolute Gasteiger partial charge is 0.387 e. The molecule has 2 aliphatic rings. The van der Waals surface area contributed by atoms with Gasteiger partial charge in [-0.3, -0.25) is 0 Å². The van der Waals surface area contributed by atoms with Crippen molar-refractivity contribution in [2.45, 2.75) is 44.1 Å². The number of rotatable bonds is 2. The summed E-state index contributed by atoms with van der Waals surface area (Å²) >= 11 is 0. The van der Waals surface area contributed by atoms with Crippen molar-refractivity contribution in [2.24, 2.45) is 5.92 Å². The first-order chi connectivity index (χ1) is 5.79. The molecule has 2 rings (SSSR count). The van der Waals surface area contributed by atoms with E-state index in [4.69, 9.17) is 0 Å². The molecule has 1 aliphatic carbocycles. The van der Waals surface area contributed by atoms with Gasteiger partial charge in [0.1, 0.15) is 0 Å². The average Bonchev–Trinajstić information content (AvgIpc) is 2.04. The first-order valence-electron chi connectivity index (χ1n) is 5.22. The third-order valence-corrected chi connectivity index (χ3v) is 3.30. The Labute approximate surface area is 74.4 Å². The van der Waals surface area contributed by atoms with E-state index in [1.807, 2.05) is 0 Å². The van der Waals surface area contributed by atoms with Gasteiger partial charge in [-0.2, -0.15) is 0 Å². The minimum absolute atomic E-state index is 0.331. The molecular formula is C10H19NO. The Hall–Kier alpha value is -0.0800. The molecule has 0 aromatic rings. The Morgan fingerprint density at radius 1 is 1.17 bits per heavy atom. The van der Waals surface area contributed by atoms with Gasteiger partial charge in [-0.05, 0) is 12.3 Å². The third kappa shape index (κ3) is 1.80. The van der Waals surface area contributed by atoms with Gasteiger partial charge >= 0.3 is 0 Å². The molecule has 0 radical (unpaired) electrons. The zero-order valence-corrected chi connectivity index (χ0v) is 7.68. The molecule has 1 heterocycles. The highest BCUT2D eigenvalue weighted by molar-refractivity contribution is 4.94. The molecular weight excluding hydrogens is 150 g/mol. The number of hydrogen-bond acceptors (Lipinski definition) is 2. The van der Waals surface area contributed by atoms with Crippen LogP contribution in [-0.2, 0) is 0 Å². The maximum Gasteiger partial charge on any atom is 0.0897 e. The molecule has 0 aromatic heterocycles. The lowest BCUT2D eigenvalue weighted by atomic mass is 9.79. The van der Waals surface area contributed by atoms with Gasteiger partial charge in [0.05, 0.1) is 5.60 Å². The molecule has 2 N–H and O–H groups in total. The van der Waals surface area contributed by atoms with E-state index in [9.17, 15) is 5.11 Å². The van der Waals surface area contributed by atoms with E-state index in [0.29, 0.717) is 0 Å². The Morgan fingerprint density at radius 3 is 2.33 bits per heavy atom. The summed E-state index contributed by atoms with van der Waals surface area (Å²) in [5.41, 5.74) is -0.331. The van der Waals surface area contributed by atoms with Crippen LogP contribution in [0.25, 0.3) is 0 Å². The van der Waals surface area contributed by atoms with Crippen molar-refractivity contribution < 1.29 is 5.11 Å². The molecule has 0 bridgehead atoms. The van der Waals surface area contributed by atoms with Crippen LogP contribution in [0, 0.1) is 5.92 Å². The number of nitrogens with one attached hydrogen (secondary N) is 1. The standard InChI is InChI=1S/C10H19NO/c12-10(7-11-8-10)6-9-4-2-1-3-5-9/h9,11-12H,1-8H2. The Balaban J connectivity index is 1.77. The Bertz CT molecular complexity index is 148. The topological polar surface area (TPSA) is 32.3 Å². The zero-order chi connectivity index (χ0) is 8.44. The number of hydrogen-bond donors (Lipinski definition) is 2. The molecule has 2 fully saturated rings. The molecule has 0 spiro atoms. The molecule has 12 heavy (non-hydrogen) atoms. The normalized spacial score (nSPS) is 29.8. The Morgan fingerprint density at radius 2 is 1.83 bits per heavy atom. The van der Waals surface area contributed by atoms with Gasteiger partial charge < -0.3 is 10.4 Å². The lowest BCUT2D eigenvalue weighted by molar-refractivity contribution is -0.0341. The van der Waals surface area contributed by atoms with Crippen molar-refractivity contribution in [3.63, 3.8) is 0 Å². The van der Waals surface area contributed by atoms with Gasteiger partial charge in [0.15, 0.2) is 0 Å². The fourth-order valence-corrected chi connectivity index (χ4v) is 2.49. The van der Waals surface area contributed by atoms with Crippen LogP contribution < -0.4 is 5.32 Å². The van der Waals surface area contributed by atoms with Gasteiger partial charge in [0, 0.05) is 13.1 Å². The van der Waals surface area contributed by atoms with Gasteiger partial charge in [0.25, 0.3) is 0 Å². The van der Waals surface area contributed by atoms with Crippen molar-refractivity contribution >= 4 is 0 Å². The van der Waals surface area contributed by atoms with Crippen LogP contribution >= 0.6 is 0 Å².